The fourth-order valence-corrected chi connectivity index (χ4v) is 4.08. The zero-order valence-electron chi connectivity index (χ0n) is 12.2. The summed E-state index contributed by atoms with van der Waals surface area (Å²) in [5.41, 5.74) is 0.758. The number of esters is 1. The van der Waals surface area contributed by atoms with Crippen molar-refractivity contribution in [2.45, 2.75) is 32.6 Å². The molecule has 4 nitrogen and oxygen atoms in total. The van der Waals surface area contributed by atoms with Gasteiger partial charge in [0.25, 0.3) is 0 Å². The van der Waals surface area contributed by atoms with E-state index >= 15 is 0 Å². The van der Waals surface area contributed by atoms with E-state index in [0.717, 1.165) is 26.1 Å². The molecule has 2 heterocycles. The zero-order valence-corrected chi connectivity index (χ0v) is 12.2. The lowest BCUT2D eigenvalue weighted by atomic mass is 9.86. The van der Waals surface area contributed by atoms with Crippen molar-refractivity contribution < 1.29 is 9.53 Å². The van der Waals surface area contributed by atoms with E-state index < -0.39 is 0 Å². The maximum absolute atomic E-state index is 11.6. The Balaban J connectivity index is 1.49. The van der Waals surface area contributed by atoms with Crippen LogP contribution in [0.25, 0.3) is 0 Å². The molecular formula is C15H26N2O2. The van der Waals surface area contributed by atoms with Crippen LogP contribution < -0.4 is 5.32 Å². The molecule has 0 amide bonds. The Morgan fingerprint density at radius 3 is 2.68 bits per heavy atom. The van der Waals surface area contributed by atoms with Crippen LogP contribution in [0.2, 0.25) is 0 Å². The van der Waals surface area contributed by atoms with Gasteiger partial charge >= 0.3 is 5.97 Å². The summed E-state index contributed by atoms with van der Waals surface area (Å²) in [7, 11) is 1.51. The van der Waals surface area contributed by atoms with Crippen LogP contribution in [0, 0.1) is 16.7 Å². The minimum Gasteiger partial charge on any atom is -0.469 e. The summed E-state index contributed by atoms with van der Waals surface area (Å²) in [4.78, 5) is 14.2. The normalized spacial score (nSPS) is 37.5. The van der Waals surface area contributed by atoms with Crippen LogP contribution in [0.15, 0.2) is 0 Å². The molecule has 108 valence electrons. The summed E-state index contributed by atoms with van der Waals surface area (Å²) in [5.74, 6) is 0.212. The SMILES string of the molecule is COC(=O)C1CC12CCN(CC1(C)CCNC1)CC2. The third-order valence-corrected chi connectivity index (χ3v) is 5.59. The molecular weight excluding hydrogens is 240 g/mol. The van der Waals surface area contributed by atoms with Gasteiger partial charge in [0.05, 0.1) is 13.0 Å². The highest BCUT2D eigenvalue weighted by Crippen LogP contribution is 2.59. The molecule has 2 saturated heterocycles. The first-order valence-electron chi connectivity index (χ1n) is 7.58. The second-order valence-electron chi connectivity index (χ2n) is 7.16. The van der Waals surface area contributed by atoms with Crippen molar-refractivity contribution in [2.24, 2.45) is 16.7 Å². The van der Waals surface area contributed by atoms with Gasteiger partial charge in [-0.3, -0.25) is 4.79 Å². The van der Waals surface area contributed by atoms with Gasteiger partial charge in [-0.1, -0.05) is 6.92 Å². The van der Waals surface area contributed by atoms with Crippen LogP contribution in [0.5, 0.6) is 0 Å². The highest BCUT2D eigenvalue weighted by atomic mass is 16.5. The van der Waals surface area contributed by atoms with Crippen LogP contribution in [-0.2, 0) is 9.53 Å². The number of nitrogens with one attached hydrogen (secondary N) is 1. The van der Waals surface area contributed by atoms with Gasteiger partial charge in [0.15, 0.2) is 0 Å². The van der Waals surface area contributed by atoms with Gasteiger partial charge in [-0.05, 0) is 56.1 Å². The van der Waals surface area contributed by atoms with E-state index in [2.05, 4.69) is 17.1 Å². The van der Waals surface area contributed by atoms with Gasteiger partial charge in [-0.2, -0.15) is 0 Å². The predicted octanol–water partition coefficient (Wildman–Crippen LogP) is 1.26. The van der Waals surface area contributed by atoms with Crippen molar-refractivity contribution in [3.63, 3.8) is 0 Å². The number of rotatable bonds is 3. The van der Waals surface area contributed by atoms with Crippen molar-refractivity contribution in [1.82, 2.24) is 10.2 Å². The number of hydrogen-bond acceptors (Lipinski definition) is 4. The maximum atomic E-state index is 11.6. The van der Waals surface area contributed by atoms with Gasteiger partial charge in [0.1, 0.15) is 0 Å². The van der Waals surface area contributed by atoms with E-state index in [1.807, 2.05) is 0 Å². The number of hydrogen-bond donors (Lipinski definition) is 1. The summed E-state index contributed by atoms with van der Waals surface area (Å²) >= 11 is 0. The smallest absolute Gasteiger partial charge is 0.309 e. The fourth-order valence-electron chi connectivity index (χ4n) is 4.08. The number of likely N-dealkylation sites (tertiary alicyclic amines) is 1. The van der Waals surface area contributed by atoms with Crippen LogP contribution >= 0.6 is 0 Å². The highest BCUT2D eigenvalue weighted by molar-refractivity contribution is 5.76. The van der Waals surface area contributed by atoms with Gasteiger partial charge in [-0.25, -0.2) is 0 Å². The Hall–Kier alpha value is -0.610. The minimum atomic E-state index is 0.0143. The molecule has 3 aliphatic rings. The van der Waals surface area contributed by atoms with Crippen molar-refractivity contribution in [2.75, 3.05) is 39.8 Å². The molecule has 0 aromatic rings. The predicted molar refractivity (Wildman–Crippen MR) is 73.8 cm³/mol. The van der Waals surface area contributed by atoms with E-state index in [0.29, 0.717) is 10.8 Å². The Bertz CT molecular complexity index is 355. The lowest BCUT2D eigenvalue weighted by Crippen LogP contribution is -2.42. The topological polar surface area (TPSA) is 41.6 Å². The van der Waals surface area contributed by atoms with Crippen molar-refractivity contribution >= 4 is 5.97 Å². The average Bonchev–Trinajstić information content (AvgIpc) is 2.95. The Kier molecular flexibility index (Phi) is 3.34. The van der Waals surface area contributed by atoms with Crippen molar-refractivity contribution in [3.8, 4) is 0 Å². The molecule has 0 bridgehead atoms. The van der Waals surface area contributed by atoms with Crippen molar-refractivity contribution in [1.29, 1.82) is 0 Å². The second kappa shape index (κ2) is 4.74. The molecule has 0 aromatic carbocycles. The van der Waals surface area contributed by atoms with Crippen LogP contribution in [0.1, 0.15) is 32.6 Å². The van der Waals surface area contributed by atoms with Crippen LogP contribution in [0.4, 0.5) is 0 Å². The number of carbonyl (C=O) groups excluding carboxylic acids is 1. The van der Waals surface area contributed by atoms with Crippen LogP contribution in [0.3, 0.4) is 0 Å². The zero-order chi connectivity index (χ0) is 13.5. The lowest BCUT2D eigenvalue weighted by molar-refractivity contribution is -0.143. The van der Waals surface area contributed by atoms with E-state index in [1.165, 1.54) is 39.5 Å². The first kappa shape index (κ1) is 13.4. The molecule has 3 rings (SSSR count). The van der Waals surface area contributed by atoms with E-state index in [1.54, 1.807) is 0 Å². The Morgan fingerprint density at radius 2 is 2.11 bits per heavy atom. The Labute approximate surface area is 115 Å². The van der Waals surface area contributed by atoms with Gasteiger partial charge in [0.2, 0.25) is 0 Å². The van der Waals surface area contributed by atoms with E-state index in [9.17, 15) is 4.79 Å². The fraction of sp³-hybridized carbons (Fsp3) is 0.933. The number of ether oxygens (including phenoxy) is 1. The molecule has 1 aliphatic carbocycles. The largest absolute Gasteiger partial charge is 0.469 e. The molecule has 3 fully saturated rings. The second-order valence-corrected chi connectivity index (χ2v) is 7.16. The molecule has 2 atom stereocenters. The summed E-state index contributed by atoms with van der Waals surface area (Å²) < 4.78 is 4.89. The minimum absolute atomic E-state index is 0.0143. The monoisotopic (exact) mass is 266 g/mol. The van der Waals surface area contributed by atoms with Crippen molar-refractivity contribution in [3.05, 3.63) is 0 Å². The highest BCUT2D eigenvalue weighted by Gasteiger charge is 2.59. The number of methoxy groups -OCH3 is 1. The molecule has 0 aromatic heterocycles. The first-order chi connectivity index (χ1) is 9.07. The van der Waals surface area contributed by atoms with Gasteiger partial charge in [-0.15, -0.1) is 0 Å². The average molecular weight is 266 g/mol. The summed E-state index contributed by atoms with van der Waals surface area (Å²) in [6.07, 6.45) is 4.71. The molecule has 1 saturated carbocycles. The van der Waals surface area contributed by atoms with Crippen LogP contribution in [-0.4, -0.2) is 50.7 Å². The van der Waals surface area contributed by atoms with Gasteiger partial charge < -0.3 is 15.0 Å². The molecule has 2 unspecified atom stereocenters. The molecule has 4 heteroatoms. The molecule has 1 N–H and O–H groups in total. The maximum Gasteiger partial charge on any atom is 0.309 e. The molecule has 1 spiro atoms. The third kappa shape index (κ3) is 2.52. The lowest BCUT2D eigenvalue weighted by Gasteiger charge is -2.37. The van der Waals surface area contributed by atoms with E-state index in [4.69, 9.17) is 4.74 Å². The standard InChI is InChI=1S/C15H26N2O2/c1-14(3-6-16-10-14)11-17-7-4-15(5-8-17)9-12(15)13(18)19-2/h12,16H,3-11H2,1-2H3. The first-order valence-corrected chi connectivity index (χ1v) is 7.58. The van der Waals surface area contributed by atoms with E-state index in [-0.39, 0.29) is 11.9 Å². The summed E-state index contributed by atoms with van der Waals surface area (Å²) in [6, 6.07) is 0. The number of carbonyl (C=O) groups is 1. The Morgan fingerprint density at radius 1 is 1.37 bits per heavy atom. The quantitative estimate of drug-likeness (QED) is 0.781. The molecule has 0 radical (unpaired) electrons. The number of nitrogens with zero attached hydrogens (tertiary/aromatic N) is 1. The molecule has 19 heavy (non-hydrogen) atoms. The summed E-state index contributed by atoms with van der Waals surface area (Å²) in [6.45, 7) is 8.23. The molecule has 2 aliphatic heterocycles. The summed E-state index contributed by atoms with van der Waals surface area (Å²) in [5, 5.41) is 3.47. The third-order valence-electron chi connectivity index (χ3n) is 5.59. The number of piperidine rings is 1. The van der Waals surface area contributed by atoms with Gasteiger partial charge in [0, 0.05) is 13.1 Å².